The van der Waals surface area contributed by atoms with Crippen molar-refractivity contribution in [2.45, 2.75) is 26.7 Å². The third-order valence-corrected chi connectivity index (χ3v) is 3.27. The first-order chi connectivity index (χ1) is 9.28. The molecule has 0 radical (unpaired) electrons. The van der Waals surface area contributed by atoms with E-state index in [4.69, 9.17) is 0 Å². The van der Waals surface area contributed by atoms with Gasteiger partial charge in [0.25, 0.3) is 5.69 Å². The summed E-state index contributed by atoms with van der Waals surface area (Å²) in [6.07, 6.45) is 2.09. The largest absolute Gasteiger partial charge is 0.294 e. The normalized spacial score (nSPS) is 18.0. The zero-order valence-corrected chi connectivity index (χ0v) is 11.4. The smallest absolute Gasteiger partial charge is 0.270 e. The topological polar surface area (TPSA) is 77.3 Å². The van der Waals surface area contributed by atoms with Crippen molar-refractivity contribution in [3.8, 4) is 0 Å². The second-order valence-corrected chi connectivity index (χ2v) is 5.77. The lowest BCUT2D eigenvalue weighted by Crippen LogP contribution is -2.31. The number of nitro benzene ring substituents is 1. The molecule has 1 aromatic rings. The Bertz CT molecular complexity index is 607. The molecule has 1 aromatic carbocycles. The quantitative estimate of drug-likeness (QED) is 0.359. The van der Waals surface area contributed by atoms with Crippen molar-refractivity contribution in [3.05, 3.63) is 45.5 Å². The number of hydrogen-bond donors (Lipinski definition) is 0. The van der Waals surface area contributed by atoms with E-state index in [1.807, 2.05) is 13.8 Å². The van der Waals surface area contributed by atoms with Gasteiger partial charge in [-0.15, -0.1) is 0 Å². The minimum Gasteiger partial charge on any atom is -0.294 e. The standard InChI is InChI=1S/C15H15NO4/c1-15(2)8-13(17)12(14(18)9-15)7-10-4-3-5-11(6-10)16(19)20/h3-7H,8-9H2,1-2H3. The number of non-ortho nitro benzene ring substituents is 1. The van der Waals surface area contributed by atoms with Gasteiger partial charge in [0.15, 0.2) is 11.6 Å². The summed E-state index contributed by atoms with van der Waals surface area (Å²) < 4.78 is 0. The van der Waals surface area contributed by atoms with E-state index in [9.17, 15) is 19.7 Å². The van der Waals surface area contributed by atoms with E-state index in [1.54, 1.807) is 6.07 Å². The van der Waals surface area contributed by atoms with Gasteiger partial charge in [0.05, 0.1) is 10.5 Å². The summed E-state index contributed by atoms with van der Waals surface area (Å²) in [6, 6.07) is 5.90. The predicted molar refractivity (Wildman–Crippen MR) is 74.1 cm³/mol. The first-order valence-corrected chi connectivity index (χ1v) is 6.31. The maximum Gasteiger partial charge on any atom is 0.270 e. The second kappa shape index (κ2) is 5.00. The van der Waals surface area contributed by atoms with Crippen LogP contribution in [0.2, 0.25) is 0 Å². The molecule has 1 aliphatic rings. The molecule has 0 aromatic heterocycles. The maximum atomic E-state index is 12.0. The summed E-state index contributed by atoms with van der Waals surface area (Å²) in [5.41, 5.74) is 0.268. The Morgan fingerprint density at radius 3 is 2.35 bits per heavy atom. The molecule has 0 heterocycles. The van der Waals surface area contributed by atoms with Gasteiger partial charge in [0, 0.05) is 25.0 Å². The number of carbonyl (C=O) groups is 2. The number of hydrogen-bond acceptors (Lipinski definition) is 4. The Hall–Kier alpha value is -2.30. The molecule has 0 aliphatic heterocycles. The molecule has 1 fully saturated rings. The van der Waals surface area contributed by atoms with E-state index in [0.29, 0.717) is 18.4 Å². The van der Waals surface area contributed by atoms with E-state index in [1.165, 1.54) is 24.3 Å². The van der Waals surface area contributed by atoms with Crippen LogP contribution in [0.5, 0.6) is 0 Å². The van der Waals surface area contributed by atoms with Gasteiger partial charge in [0.1, 0.15) is 0 Å². The molecule has 1 aliphatic carbocycles. The SMILES string of the molecule is CC1(C)CC(=O)C(=Cc2cccc([N+](=O)[O-])c2)C(=O)C1. The van der Waals surface area contributed by atoms with Gasteiger partial charge in [0.2, 0.25) is 0 Å². The van der Waals surface area contributed by atoms with Crippen molar-refractivity contribution in [3.63, 3.8) is 0 Å². The van der Waals surface area contributed by atoms with Crippen molar-refractivity contribution in [2.24, 2.45) is 5.41 Å². The van der Waals surface area contributed by atoms with Crippen molar-refractivity contribution in [2.75, 3.05) is 0 Å². The van der Waals surface area contributed by atoms with Crippen LogP contribution in [0.25, 0.3) is 6.08 Å². The zero-order valence-electron chi connectivity index (χ0n) is 11.4. The van der Waals surface area contributed by atoms with Crippen LogP contribution >= 0.6 is 0 Å². The number of allylic oxidation sites excluding steroid dienone is 1. The summed E-state index contributed by atoms with van der Waals surface area (Å²) in [5.74, 6) is -0.393. The average molecular weight is 273 g/mol. The highest BCUT2D eigenvalue weighted by atomic mass is 16.6. The lowest BCUT2D eigenvalue weighted by molar-refractivity contribution is -0.384. The molecule has 0 amide bonds. The van der Waals surface area contributed by atoms with Crippen molar-refractivity contribution in [1.29, 1.82) is 0 Å². The molecule has 2 rings (SSSR count). The summed E-state index contributed by atoms with van der Waals surface area (Å²) in [7, 11) is 0. The highest BCUT2D eigenvalue weighted by Gasteiger charge is 2.35. The van der Waals surface area contributed by atoms with Crippen molar-refractivity contribution < 1.29 is 14.5 Å². The Morgan fingerprint density at radius 2 is 1.80 bits per heavy atom. The Labute approximate surface area is 116 Å². The van der Waals surface area contributed by atoms with Crippen LogP contribution in [0.4, 0.5) is 5.69 Å². The van der Waals surface area contributed by atoms with Crippen LogP contribution in [0, 0.1) is 15.5 Å². The molecule has 1 saturated carbocycles. The number of ketones is 2. The van der Waals surface area contributed by atoms with Gasteiger partial charge in [-0.3, -0.25) is 19.7 Å². The van der Waals surface area contributed by atoms with Crippen LogP contribution in [0.1, 0.15) is 32.3 Å². The lowest BCUT2D eigenvalue weighted by Gasteiger charge is -2.28. The first kappa shape index (κ1) is 14.1. The molecule has 0 spiro atoms. The van der Waals surface area contributed by atoms with Crippen LogP contribution in [0.3, 0.4) is 0 Å². The Morgan fingerprint density at radius 1 is 1.20 bits per heavy atom. The molecule has 0 bridgehead atoms. The lowest BCUT2D eigenvalue weighted by atomic mass is 9.74. The molecule has 20 heavy (non-hydrogen) atoms. The number of rotatable bonds is 2. The molecule has 0 saturated heterocycles. The Balaban J connectivity index is 2.36. The summed E-state index contributed by atoms with van der Waals surface area (Å²) in [5, 5.41) is 10.7. The van der Waals surface area contributed by atoms with E-state index >= 15 is 0 Å². The van der Waals surface area contributed by atoms with Crippen LogP contribution in [-0.2, 0) is 9.59 Å². The molecule has 104 valence electrons. The highest BCUT2D eigenvalue weighted by molar-refractivity contribution is 6.25. The highest BCUT2D eigenvalue weighted by Crippen LogP contribution is 2.34. The molecular formula is C15H15NO4. The van der Waals surface area contributed by atoms with Gasteiger partial charge in [-0.05, 0) is 17.1 Å². The molecular weight excluding hydrogens is 258 g/mol. The maximum absolute atomic E-state index is 12.0. The van der Waals surface area contributed by atoms with Gasteiger partial charge in [-0.25, -0.2) is 0 Å². The summed E-state index contributed by atoms with van der Waals surface area (Å²) in [4.78, 5) is 34.2. The molecule has 5 heteroatoms. The first-order valence-electron chi connectivity index (χ1n) is 6.31. The average Bonchev–Trinajstić information content (AvgIpc) is 2.33. The monoisotopic (exact) mass is 273 g/mol. The number of nitro groups is 1. The van der Waals surface area contributed by atoms with Crippen LogP contribution in [-0.4, -0.2) is 16.5 Å². The van der Waals surface area contributed by atoms with E-state index in [2.05, 4.69) is 0 Å². The summed E-state index contributed by atoms with van der Waals surface area (Å²) in [6.45, 7) is 3.76. The summed E-state index contributed by atoms with van der Waals surface area (Å²) >= 11 is 0. The second-order valence-electron chi connectivity index (χ2n) is 5.77. The van der Waals surface area contributed by atoms with Crippen LogP contribution in [0.15, 0.2) is 29.8 Å². The number of Topliss-reactive ketones (excluding diaryl/α,β-unsaturated/α-hetero) is 2. The van der Waals surface area contributed by atoms with Gasteiger partial charge < -0.3 is 0 Å². The molecule has 0 unspecified atom stereocenters. The fraction of sp³-hybridized carbons (Fsp3) is 0.333. The number of nitrogens with zero attached hydrogens (tertiary/aromatic N) is 1. The van der Waals surface area contributed by atoms with Crippen LogP contribution < -0.4 is 0 Å². The zero-order chi connectivity index (χ0) is 14.9. The van der Waals surface area contributed by atoms with Crippen molar-refractivity contribution >= 4 is 23.3 Å². The van der Waals surface area contributed by atoms with Gasteiger partial charge in [-0.2, -0.15) is 0 Å². The van der Waals surface area contributed by atoms with Gasteiger partial charge in [-0.1, -0.05) is 26.0 Å². The molecule has 0 atom stereocenters. The minimum absolute atomic E-state index is 0.0598. The fourth-order valence-corrected chi connectivity index (χ4v) is 2.33. The van der Waals surface area contributed by atoms with Gasteiger partial charge >= 0.3 is 0 Å². The Kier molecular flexibility index (Phi) is 3.53. The fourth-order valence-electron chi connectivity index (χ4n) is 2.33. The molecule has 5 nitrogen and oxygen atoms in total. The van der Waals surface area contributed by atoms with Crippen molar-refractivity contribution in [1.82, 2.24) is 0 Å². The number of carbonyl (C=O) groups excluding carboxylic acids is 2. The third-order valence-electron chi connectivity index (χ3n) is 3.27. The van der Waals surface area contributed by atoms with E-state index in [0.717, 1.165) is 0 Å². The molecule has 0 N–H and O–H groups in total. The minimum atomic E-state index is -0.504. The third kappa shape index (κ3) is 2.99. The predicted octanol–water partition coefficient (Wildman–Crippen LogP) is 2.94. The van der Waals surface area contributed by atoms with E-state index < -0.39 is 4.92 Å². The number of benzene rings is 1. The van der Waals surface area contributed by atoms with E-state index in [-0.39, 0.29) is 28.2 Å².